The van der Waals surface area contributed by atoms with E-state index in [0.717, 1.165) is 40.3 Å². The molecule has 3 aromatic carbocycles. The number of rotatable bonds is 8. The number of phosphoric ester groups is 1. The molecule has 7 rings (SSSR count). The molecule has 0 amide bonds. The summed E-state index contributed by atoms with van der Waals surface area (Å²) in [6, 6.07) is 11.7. The lowest BCUT2D eigenvalue weighted by Gasteiger charge is -2.18. The van der Waals surface area contributed by atoms with Gasteiger partial charge in [-0.05, 0) is 153 Å². The summed E-state index contributed by atoms with van der Waals surface area (Å²) >= 11 is 31.0. The van der Waals surface area contributed by atoms with Gasteiger partial charge in [-0.25, -0.2) is 9.55 Å². The standard InChI is InChI=1S/C16H7Br6N3O2.C11H8Br3N3O.C5H9O5P/c1-6-23-15(26-13-9(19)2-7(17)3-10(13)20)25-16(24-6)27-14-11(21)4-8(18)5-12(14)22;1-5-15-6(2)17-11(16-5)18-10-8(13)3-7(12)4-9(10)14;1-7-2-5-3-8-11(6,10-5)9-4-5/h2-5H,1H3;3-4H,1-2H3;2-4H2,1H3. The summed E-state index contributed by atoms with van der Waals surface area (Å²) in [7, 11) is -1.60. The Balaban J connectivity index is 0.000000177. The first-order chi connectivity index (χ1) is 26.4. The number of aryl methyl sites for hydroxylation is 3. The number of fused-ring (bicyclic) bond motifs is 2. The van der Waals surface area contributed by atoms with Crippen LogP contribution in [0.25, 0.3) is 0 Å². The molecule has 0 atom stereocenters. The molecule has 14 nitrogen and oxygen atoms in total. The van der Waals surface area contributed by atoms with Crippen LogP contribution in [-0.4, -0.2) is 62.4 Å². The van der Waals surface area contributed by atoms with E-state index >= 15 is 0 Å². The first kappa shape index (κ1) is 46.5. The van der Waals surface area contributed by atoms with Crippen LogP contribution < -0.4 is 14.2 Å². The number of hydrogen-bond acceptors (Lipinski definition) is 14. The van der Waals surface area contributed by atoms with Crippen molar-refractivity contribution in [3.05, 3.63) is 94.1 Å². The van der Waals surface area contributed by atoms with Crippen molar-refractivity contribution in [2.24, 2.45) is 0 Å². The van der Waals surface area contributed by atoms with Crippen LogP contribution in [0, 0.1) is 20.8 Å². The SMILES string of the molecule is COCC12COP(=O)(OC1)O2.Cc1nc(C)nc(Oc2c(Br)cc(Br)cc2Br)n1.Cc1nc(Oc2c(Br)cc(Br)cc2Br)nc(Oc2c(Br)cc(Br)cc2Br)n1. The zero-order valence-electron chi connectivity index (χ0n) is 28.9. The number of hydrogen-bond donors (Lipinski definition) is 0. The van der Waals surface area contributed by atoms with Gasteiger partial charge in [-0.15, -0.1) is 4.98 Å². The Hall–Kier alpha value is -0.530. The van der Waals surface area contributed by atoms with Gasteiger partial charge in [0, 0.05) is 20.5 Å². The minimum absolute atomic E-state index is 0.116. The van der Waals surface area contributed by atoms with Crippen molar-refractivity contribution in [3.8, 4) is 35.3 Å². The third-order valence-corrected chi connectivity index (χ3v) is 13.1. The molecule has 2 saturated heterocycles. The monoisotopic (exact) mass is 1360 g/mol. The largest absolute Gasteiger partial charge is 0.475 e. The molecule has 0 radical (unpaired) electrons. The summed E-state index contributed by atoms with van der Waals surface area (Å²) < 4.78 is 55.5. The van der Waals surface area contributed by atoms with E-state index in [0.29, 0.717) is 54.5 Å². The van der Waals surface area contributed by atoms with Gasteiger partial charge in [0.1, 0.15) is 17.5 Å². The van der Waals surface area contributed by atoms with Crippen molar-refractivity contribution in [2.45, 2.75) is 26.4 Å². The lowest BCUT2D eigenvalue weighted by molar-refractivity contribution is -0.00269. The Bertz CT molecular complexity index is 2140. The van der Waals surface area contributed by atoms with Crippen LogP contribution in [0.1, 0.15) is 17.5 Å². The molecule has 5 aromatic rings. The first-order valence-corrected chi connectivity index (χ1v) is 23.9. The second kappa shape index (κ2) is 20.4. The van der Waals surface area contributed by atoms with Gasteiger partial charge in [-0.3, -0.25) is 13.6 Å². The molecule has 0 spiro atoms. The molecule has 2 aliphatic heterocycles. The Morgan fingerprint density at radius 2 is 0.857 bits per heavy atom. The Labute approximate surface area is 396 Å². The zero-order chi connectivity index (χ0) is 40.9. The highest BCUT2D eigenvalue weighted by Crippen LogP contribution is 2.64. The summed E-state index contributed by atoms with van der Waals surface area (Å²) in [5.41, 5.74) is -0.607. The number of benzene rings is 3. The van der Waals surface area contributed by atoms with E-state index in [2.05, 4.69) is 173 Å². The summed E-state index contributed by atoms with van der Waals surface area (Å²) in [6.45, 7) is 6.30. The van der Waals surface area contributed by atoms with Gasteiger partial charge in [0.2, 0.25) is 0 Å². The molecule has 2 bridgehead atoms. The average Bonchev–Trinajstić information content (AvgIpc) is 3.59. The molecule has 2 fully saturated rings. The second-order valence-corrected chi connectivity index (χ2v) is 20.7. The van der Waals surface area contributed by atoms with Crippen LogP contribution in [0.15, 0.2) is 76.7 Å². The quantitative estimate of drug-likeness (QED) is 0.135. The number of halogens is 9. The predicted octanol–water partition coefficient (Wildman–Crippen LogP) is 13.5. The maximum atomic E-state index is 11.2. The third-order valence-electron chi connectivity index (χ3n) is 6.70. The van der Waals surface area contributed by atoms with Crippen molar-refractivity contribution in [2.75, 3.05) is 26.9 Å². The summed E-state index contributed by atoms with van der Waals surface area (Å²) in [5, 5.41) is 0. The van der Waals surface area contributed by atoms with E-state index in [1.807, 2.05) is 36.4 Å². The molecule has 298 valence electrons. The Morgan fingerprint density at radius 3 is 1.14 bits per heavy atom. The minimum atomic E-state index is -3.15. The molecule has 0 N–H and O–H groups in total. The topological polar surface area (TPSA) is 159 Å². The molecule has 24 heteroatoms. The normalized spacial score (nSPS) is 18.1. The molecule has 0 unspecified atom stereocenters. The highest BCUT2D eigenvalue weighted by Gasteiger charge is 2.57. The van der Waals surface area contributed by atoms with Gasteiger partial charge < -0.3 is 18.9 Å². The lowest BCUT2D eigenvalue weighted by atomic mass is 10.1. The summed E-state index contributed by atoms with van der Waals surface area (Å²) in [6.07, 6.45) is 0. The van der Waals surface area contributed by atoms with Gasteiger partial charge in [0.15, 0.2) is 22.8 Å². The summed E-state index contributed by atoms with van der Waals surface area (Å²) in [5.74, 6) is 3.43. The van der Waals surface area contributed by atoms with Crippen LogP contribution in [-0.2, 0) is 22.9 Å². The van der Waals surface area contributed by atoms with Crippen LogP contribution in [0.5, 0.6) is 35.3 Å². The number of nitrogens with zero attached hydrogens (tertiary/aromatic N) is 6. The molecule has 56 heavy (non-hydrogen) atoms. The molecule has 4 heterocycles. The fourth-order valence-corrected chi connectivity index (χ4v) is 13.4. The van der Waals surface area contributed by atoms with Crippen LogP contribution in [0.2, 0.25) is 0 Å². The van der Waals surface area contributed by atoms with E-state index in [1.54, 1.807) is 27.9 Å². The number of ether oxygens (including phenoxy) is 4. The molecule has 2 aliphatic rings. The summed E-state index contributed by atoms with van der Waals surface area (Å²) in [4.78, 5) is 25.1. The average molecular weight is 1370 g/mol. The molecule has 0 aliphatic carbocycles. The fourth-order valence-electron chi connectivity index (χ4n) is 4.50. The molecular formula is C32H24Br9N6O8P. The maximum absolute atomic E-state index is 11.2. The highest BCUT2D eigenvalue weighted by molar-refractivity contribution is 9.12. The van der Waals surface area contributed by atoms with Gasteiger partial charge >= 0.3 is 25.9 Å². The van der Waals surface area contributed by atoms with Crippen LogP contribution >= 0.6 is 151 Å². The van der Waals surface area contributed by atoms with E-state index in [4.69, 9.17) is 32.5 Å². The van der Waals surface area contributed by atoms with E-state index in [1.165, 1.54) is 0 Å². The highest BCUT2D eigenvalue weighted by atomic mass is 79.9. The Kier molecular flexibility index (Phi) is 16.9. The smallest absolute Gasteiger partial charge is 0.422 e. The van der Waals surface area contributed by atoms with Gasteiger partial charge in [-0.1, -0.05) is 47.8 Å². The first-order valence-electron chi connectivity index (χ1n) is 15.3. The van der Waals surface area contributed by atoms with Gasteiger partial charge in [0.05, 0.1) is 46.7 Å². The third kappa shape index (κ3) is 12.7. The van der Waals surface area contributed by atoms with Crippen LogP contribution in [0.4, 0.5) is 0 Å². The lowest BCUT2D eigenvalue weighted by Crippen LogP contribution is -2.39. The predicted molar refractivity (Wildman–Crippen MR) is 238 cm³/mol. The van der Waals surface area contributed by atoms with Crippen molar-refractivity contribution >= 4 is 151 Å². The van der Waals surface area contributed by atoms with E-state index in [9.17, 15) is 4.57 Å². The number of aromatic nitrogens is 6. The number of phosphoric acid groups is 1. The van der Waals surface area contributed by atoms with Crippen molar-refractivity contribution in [1.82, 2.24) is 29.9 Å². The minimum Gasteiger partial charge on any atom is -0.422 e. The fraction of sp³-hybridized carbons (Fsp3) is 0.250. The van der Waals surface area contributed by atoms with E-state index in [-0.39, 0.29) is 18.0 Å². The van der Waals surface area contributed by atoms with Gasteiger partial charge in [-0.2, -0.15) is 19.9 Å². The zero-order valence-corrected chi connectivity index (χ0v) is 44.1. The number of methoxy groups -OCH3 is 1. The van der Waals surface area contributed by atoms with Crippen LogP contribution in [0.3, 0.4) is 0 Å². The van der Waals surface area contributed by atoms with Gasteiger partial charge in [0.25, 0.3) is 0 Å². The van der Waals surface area contributed by atoms with Crippen molar-refractivity contribution < 1.29 is 37.1 Å². The van der Waals surface area contributed by atoms with E-state index < -0.39 is 13.4 Å². The van der Waals surface area contributed by atoms with Crippen molar-refractivity contribution in [1.29, 1.82) is 0 Å². The molecular weight excluding hydrogens is 1350 g/mol. The second-order valence-electron chi connectivity index (χ2n) is 11.3. The van der Waals surface area contributed by atoms with Crippen molar-refractivity contribution in [3.63, 3.8) is 0 Å². The molecule has 2 aromatic heterocycles. The Morgan fingerprint density at radius 1 is 0.554 bits per heavy atom. The maximum Gasteiger partial charge on any atom is 0.475 e. The molecule has 0 saturated carbocycles.